The van der Waals surface area contributed by atoms with E-state index in [9.17, 15) is 4.79 Å². The molecule has 0 aliphatic carbocycles. The number of hydrogen-bond donors (Lipinski definition) is 2. The molecule has 0 fully saturated rings. The molecular formula is C12H23N3O. The molecule has 0 bridgehead atoms. The highest BCUT2D eigenvalue weighted by Crippen LogP contribution is 2.02. The highest BCUT2D eigenvalue weighted by molar-refractivity contribution is 5.77. The van der Waals surface area contributed by atoms with Gasteiger partial charge >= 0.3 is 0 Å². The van der Waals surface area contributed by atoms with E-state index in [1.807, 2.05) is 6.07 Å². The van der Waals surface area contributed by atoms with E-state index in [2.05, 4.69) is 24.5 Å². The number of unbranched alkanes of at least 4 members (excludes halogenated alkanes) is 2. The first kappa shape index (κ1) is 14.9. The van der Waals surface area contributed by atoms with Crippen LogP contribution < -0.4 is 10.6 Å². The summed E-state index contributed by atoms with van der Waals surface area (Å²) in [6, 6.07) is 2.37. The first-order chi connectivity index (χ1) is 7.70. The van der Waals surface area contributed by atoms with Gasteiger partial charge in [0.25, 0.3) is 0 Å². The SMILES string of the molecule is CCCCCC(C)NCC(=O)NCCC#N. The first-order valence-electron chi connectivity index (χ1n) is 6.07. The third-order valence-electron chi connectivity index (χ3n) is 2.41. The number of nitrogens with one attached hydrogen (secondary N) is 2. The van der Waals surface area contributed by atoms with Crippen LogP contribution in [0, 0.1) is 11.3 Å². The summed E-state index contributed by atoms with van der Waals surface area (Å²) in [7, 11) is 0. The maximum Gasteiger partial charge on any atom is 0.233 e. The average molecular weight is 225 g/mol. The van der Waals surface area contributed by atoms with Gasteiger partial charge in [-0.05, 0) is 13.3 Å². The minimum absolute atomic E-state index is 0.0300. The zero-order chi connectivity index (χ0) is 12.2. The molecule has 1 unspecified atom stereocenters. The second-order valence-corrected chi connectivity index (χ2v) is 4.04. The Morgan fingerprint density at radius 1 is 1.44 bits per heavy atom. The van der Waals surface area contributed by atoms with Crippen molar-refractivity contribution in [2.45, 2.75) is 52.0 Å². The Morgan fingerprint density at radius 3 is 2.81 bits per heavy atom. The predicted octanol–water partition coefficient (Wildman–Crippen LogP) is 1.57. The number of carbonyl (C=O) groups is 1. The summed E-state index contributed by atoms with van der Waals surface area (Å²) < 4.78 is 0. The number of carbonyl (C=O) groups excluding carboxylic acids is 1. The highest BCUT2D eigenvalue weighted by Gasteiger charge is 2.04. The molecule has 0 spiro atoms. The topological polar surface area (TPSA) is 64.9 Å². The molecule has 2 N–H and O–H groups in total. The van der Waals surface area contributed by atoms with Gasteiger partial charge in [0.05, 0.1) is 19.0 Å². The van der Waals surface area contributed by atoms with Crippen molar-refractivity contribution in [3.05, 3.63) is 0 Å². The fourth-order valence-electron chi connectivity index (χ4n) is 1.39. The summed E-state index contributed by atoms with van der Waals surface area (Å²) >= 11 is 0. The lowest BCUT2D eigenvalue weighted by Gasteiger charge is -2.13. The molecule has 1 atom stereocenters. The van der Waals surface area contributed by atoms with Crippen LogP contribution in [-0.2, 0) is 4.79 Å². The van der Waals surface area contributed by atoms with Crippen LogP contribution in [0.2, 0.25) is 0 Å². The van der Waals surface area contributed by atoms with Crippen molar-refractivity contribution in [3.63, 3.8) is 0 Å². The Balaban J connectivity index is 3.40. The average Bonchev–Trinajstić information content (AvgIpc) is 2.27. The van der Waals surface area contributed by atoms with Gasteiger partial charge in [0.1, 0.15) is 0 Å². The second-order valence-electron chi connectivity index (χ2n) is 4.04. The monoisotopic (exact) mass is 225 g/mol. The van der Waals surface area contributed by atoms with Crippen LogP contribution in [0.4, 0.5) is 0 Å². The van der Waals surface area contributed by atoms with E-state index in [0.29, 0.717) is 25.6 Å². The van der Waals surface area contributed by atoms with Crippen LogP contribution in [0.25, 0.3) is 0 Å². The van der Waals surface area contributed by atoms with Crippen LogP contribution >= 0.6 is 0 Å². The zero-order valence-electron chi connectivity index (χ0n) is 10.4. The third kappa shape index (κ3) is 9.47. The Hall–Kier alpha value is -1.08. The van der Waals surface area contributed by atoms with Crippen LogP contribution in [-0.4, -0.2) is 25.0 Å². The van der Waals surface area contributed by atoms with E-state index >= 15 is 0 Å². The number of nitriles is 1. The molecule has 4 nitrogen and oxygen atoms in total. The maximum atomic E-state index is 11.3. The fourth-order valence-corrected chi connectivity index (χ4v) is 1.39. The van der Waals surface area contributed by atoms with Crippen LogP contribution in [0.15, 0.2) is 0 Å². The van der Waals surface area contributed by atoms with Crippen LogP contribution in [0.1, 0.15) is 46.0 Å². The molecule has 0 aliphatic rings. The van der Waals surface area contributed by atoms with Crippen LogP contribution in [0.5, 0.6) is 0 Å². The minimum Gasteiger partial charge on any atom is -0.354 e. The van der Waals surface area contributed by atoms with E-state index < -0.39 is 0 Å². The molecule has 1 amide bonds. The van der Waals surface area contributed by atoms with Gasteiger partial charge in [-0.3, -0.25) is 4.79 Å². The molecular weight excluding hydrogens is 202 g/mol. The highest BCUT2D eigenvalue weighted by atomic mass is 16.1. The minimum atomic E-state index is -0.0300. The Morgan fingerprint density at radius 2 is 2.19 bits per heavy atom. The zero-order valence-corrected chi connectivity index (χ0v) is 10.4. The molecule has 0 saturated heterocycles. The Kier molecular flexibility index (Phi) is 9.73. The van der Waals surface area contributed by atoms with Gasteiger partial charge in [-0.2, -0.15) is 5.26 Å². The lowest BCUT2D eigenvalue weighted by molar-refractivity contribution is -0.120. The molecule has 0 aliphatic heterocycles. The smallest absolute Gasteiger partial charge is 0.233 e. The van der Waals surface area contributed by atoms with Crippen molar-refractivity contribution < 1.29 is 4.79 Å². The number of nitrogens with zero attached hydrogens (tertiary/aromatic N) is 1. The maximum absolute atomic E-state index is 11.3. The van der Waals surface area contributed by atoms with Gasteiger partial charge in [0, 0.05) is 12.6 Å². The van der Waals surface area contributed by atoms with Gasteiger partial charge in [0.15, 0.2) is 0 Å². The second kappa shape index (κ2) is 10.4. The number of amides is 1. The fraction of sp³-hybridized carbons (Fsp3) is 0.833. The number of rotatable bonds is 9. The molecule has 0 aromatic rings. The quantitative estimate of drug-likeness (QED) is 0.585. The van der Waals surface area contributed by atoms with E-state index in [0.717, 1.165) is 6.42 Å². The van der Waals surface area contributed by atoms with E-state index in [-0.39, 0.29) is 5.91 Å². The summed E-state index contributed by atoms with van der Waals surface area (Å²) in [6.07, 6.45) is 5.17. The third-order valence-corrected chi connectivity index (χ3v) is 2.41. The Labute approximate surface area is 98.4 Å². The van der Waals surface area contributed by atoms with E-state index in [1.54, 1.807) is 0 Å². The summed E-state index contributed by atoms with van der Waals surface area (Å²) in [5, 5.41) is 14.2. The predicted molar refractivity (Wildman–Crippen MR) is 64.8 cm³/mol. The summed E-state index contributed by atoms with van der Waals surface area (Å²) in [5.74, 6) is -0.0300. The summed E-state index contributed by atoms with van der Waals surface area (Å²) in [6.45, 7) is 5.07. The van der Waals surface area contributed by atoms with Gasteiger partial charge in [-0.15, -0.1) is 0 Å². The molecule has 0 heterocycles. The lowest BCUT2D eigenvalue weighted by Crippen LogP contribution is -2.38. The van der Waals surface area contributed by atoms with Crippen molar-refractivity contribution in [1.82, 2.24) is 10.6 Å². The summed E-state index contributed by atoms with van der Waals surface area (Å²) in [4.78, 5) is 11.3. The van der Waals surface area contributed by atoms with Gasteiger partial charge < -0.3 is 10.6 Å². The van der Waals surface area contributed by atoms with E-state index in [4.69, 9.17) is 5.26 Å². The molecule has 92 valence electrons. The van der Waals surface area contributed by atoms with Crippen LogP contribution in [0.3, 0.4) is 0 Å². The molecule has 0 saturated carbocycles. The summed E-state index contributed by atoms with van der Waals surface area (Å²) in [5.41, 5.74) is 0. The van der Waals surface area contributed by atoms with Gasteiger partial charge in [-0.1, -0.05) is 26.2 Å². The standard InChI is InChI=1S/C12H23N3O/c1-3-4-5-7-11(2)15-10-12(16)14-9-6-8-13/h11,15H,3-7,9-10H2,1-2H3,(H,14,16). The van der Waals surface area contributed by atoms with Crippen molar-refractivity contribution in [2.75, 3.05) is 13.1 Å². The van der Waals surface area contributed by atoms with E-state index in [1.165, 1.54) is 19.3 Å². The largest absolute Gasteiger partial charge is 0.354 e. The molecule has 16 heavy (non-hydrogen) atoms. The molecule has 4 heteroatoms. The molecule has 0 rings (SSSR count). The van der Waals surface area contributed by atoms with Gasteiger partial charge in [0.2, 0.25) is 5.91 Å². The van der Waals surface area contributed by atoms with Crippen molar-refractivity contribution in [1.29, 1.82) is 5.26 Å². The molecule has 0 aromatic heterocycles. The Bertz CT molecular complexity index is 223. The van der Waals surface area contributed by atoms with Crippen molar-refractivity contribution in [3.8, 4) is 6.07 Å². The van der Waals surface area contributed by atoms with Crippen molar-refractivity contribution >= 4 is 5.91 Å². The normalized spacial score (nSPS) is 11.8. The first-order valence-corrected chi connectivity index (χ1v) is 6.07. The van der Waals surface area contributed by atoms with Gasteiger partial charge in [-0.25, -0.2) is 0 Å². The van der Waals surface area contributed by atoms with Crippen molar-refractivity contribution in [2.24, 2.45) is 0 Å². The molecule has 0 radical (unpaired) electrons. The molecule has 0 aromatic carbocycles. The number of hydrogen-bond acceptors (Lipinski definition) is 3. The lowest BCUT2D eigenvalue weighted by atomic mass is 10.1.